The zero-order valence-corrected chi connectivity index (χ0v) is 17.1. The minimum Gasteiger partial charge on any atom is -0.294 e. The SMILES string of the molecule is CC(C)(CC(=O)c1ccc(Sc2ccccc2)cc1)S1(C)CCCC1. The van der Waals surface area contributed by atoms with Gasteiger partial charge in [-0.25, -0.2) is 10.0 Å². The molecule has 0 aliphatic carbocycles. The number of hydrogen-bond donors (Lipinski definition) is 0. The van der Waals surface area contributed by atoms with Crippen molar-refractivity contribution in [1.82, 2.24) is 0 Å². The molecular formula is C22H28OS2. The molecule has 3 heteroatoms. The molecular weight excluding hydrogens is 344 g/mol. The van der Waals surface area contributed by atoms with Crippen LogP contribution in [0, 0.1) is 0 Å². The standard InChI is InChI=1S/C22H28OS2/c1-22(2,25(3)15-7-8-16-25)17-21(23)18-11-13-20(14-12-18)24-19-9-5-4-6-10-19/h4-6,9-14H,7-8,15-17H2,1-3H3. The van der Waals surface area contributed by atoms with Crippen molar-refractivity contribution in [3.05, 3.63) is 60.2 Å². The summed E-state index contributed by atoms with van der Waals surface area (Å²) in [5.41, 5.74) is 0.853. The zero-order valence-electron chi connectivity index (χ0n) is 15.5. The zero-order chi connectivity index (χ0) is 17.9. The molecule has 2 aromatic carbocycles. The van der Waals surface area contributed by atoms with E-state index in [4.69, 9.17) is 0 Å². The molecule has 1 aliphatic rings. The first kappa shape index (κ1) is 18.6. The summed E-state index contributed by atoms with van der Waals surface area (Å²) < 4.78 is 0.137. The van der Waals surface area contributed by atoms with Gasteiger partial charge in [-0.2, -0.15) is 0 Å². The molecule has 25 heavy (non-hydrogen) atoms. The number of carbonyl (C=O) groups is 1. The minimum absolute atomic E-state index is 0.137. The van der Waals surface area contributed by atoms with Crippen LogP contribution in [-0.4, -0.2) is 28.3 Å². The van der Waals surface area contributed by atoms with Gasteiger partial charge in [0.2, 0.25) is 0 Å². The van der Waals surface area contributed by atoms with Gasteiger partial charge in [-0.1, -0.05) is 55.9 Å². The predicted octanol–water partition coefficient (Wildman–Crippen LogP) is 6.42. The first-order valence-electron chi connectivity index (χ1n) is 8.99. The van der Waals surface area contributed by atoms with Crippen molar-refractivity contribution >= 4 is 27.6 Å². The van der Waals surface area contributed by atoms with E-state index in [1.807, 2.05) is 30.3 Å². The van der Waals surface area contributed by atoms with E-state index in [2.05, 4.69) is 44.4 Å². The van der Waals surface area contributed by atoms with Crippen molar-refractivity contribution in [2.75, 3.05) is 17.8 Å². The molecule has 0 amide bonds. The first-order chi connectivity index (χ1) is 11.9. The summed E-state index contributed by atoms with van der Waals surface area (Å²) in [6.07, 6.45) is 5.81. The van der Waals surface area contributed by atoms with Crippen molar-refractivity contribution in [2.24, 2.45) is 0 Å². The Kier molecular flexibility index (Phi) is 5.65. The van der Waals surface area contributed by atoms with Crippen molar-refractivity contribution < 1.29 is 4.79 Å². The molecule has 1 aliphatic heterocycles. The Morgan fingerprint density at radius 3 is 2.12 bits per heavy atom. The maximum Gasteiger partial charge on any atom is 0.164 e. The van der Waals surface area contributed by atoms with Crippen LogP contribution >= 0.6 is 21.8 Å². The Hall–Kier alpha value is -1.19. The van der Waals surface area contributed by atoms with E-state index in [1.54, 1.807) is 11.8 Å². The fourth-order valence-electron chi connectivity index (χ4n) is 3.49. The molecule has 0 bridgehead atoms. The maximum atomic E-state index is 12.8. The lowest BCUT2D eigenvalue weighted by atomic mass is 10.0. The fraction of sp³-hybridized carbons (Fsp3) is 0.409. The summed E-state index contributed by atoms with van der Waals surface area (Å²) in [6.45, 7) is 4.62. The molecule has 1 saturated heterocycles. The highest BCUT2D eigenvalue weighted by Crippen LogP contribution is 2.62. The van der Waals surface area contributed by atoms with Gasteiger partial charge in [-0.05, 0) is 54.9 Å². The van der Waals surface area contributed by atoms with Gasteiger partial charge in [0.05, 0.1) is 0 Å². The van der Waals surface area contributed by atoms with E-state index in [-0.39, 0.29) is 4.75 Å². The summed E-state index contributed by atoms with van der Waals surface area (Å²) >= 11 is 1.73. The van der Waals surface area contributed by atoms with Crippen LogP contribution in [-0.2, 0) is 0 Å². The number of rotatable bonds is 6. The summed E-state index contributed by atoms with van der Waals surface area (Å²) in [7, 11) is -0.659. The lowest BCUT2D eigenvalue weighted by Gasteiger charge is -2.46. The molecule has 0 aromatic heterocycles. The van der Waals surface area contributed by atoms with Gasteiger partial charge < -0.3 is 0 Å². The van der Waals surface area contributed by atoms with E-state index in [1.165, 1.54) is 34.1 Å². The van der Waals surface area contributed by atoms with E-state index >= 15 is 0 Å². The molecule has 3 rings (SSSR count). The molecule has 0 N–H and O–H groups in total. The van der Waals surface area contributed by atoms with Gasteiger partial charge in [-0.15, -0.1) is 0 Å². The van der Waals surface area contributed by atoms with Crippen LogP contribution in [0.2, 0.25) is 0 Å². The minimum atomic E-state index is -0.659. The van der Waals surface area contributed by atoms with Crippen LogP contribution < -0.4 is 0 Å². The van der Waals surface area contributed by atoms with Gasteiger partial charge in [-0.3, -0.25) is 4.79 Å². The fourth-order valence-corrected chi connectivity index (χ4v) is 7.80. The third kappa shape index (κ3) is 4.32. The third-order valence-corrected chi connectivity index (χ3v) is 11.7. The molecule has 0 saturated carbocycles. The highest BCUT2D eigenvalue weighted by Gasteiger charge is 2.39. The second kappa shape index (κ2) is 7.59. The molecule has 0 radical (unpaired) electrons. The van der Waals surface area contributed by atoms with Gasteiger partial charge >= 0.3 is 0 Å². The topological polar surface area (TPSA) is 17.1 Å². The number of ketones is 1. The lowest BCUT2D eigenvalue weighted by Crippen LogP contribution is -2.32. The van der Waals surface area contributed by atoms with Gasteiger partial charge in [0, 0.05) is 26.5 Å². The molecule has 134 valence electrons. The van der Waals surface area contributed by atoms with Crippen LogP contribution in [0.4, 0.5) is 0 Å². The Balaban J connectivity index is 1.66. The lowest BCUT2D eigenvalue weighted by molar-refractivity contribution is 0.0973. The van der Waals surface area contributed by atoms with Crippen LogP contribution in [0.25, 0.3) is 0 Å². The molecule has 0 unspecified atom stereocenters. The average Bonchev–Trinajstić information content (AvgIpc) is 3.05. The molecule has 0 atom stereocenters. The molecule has 1 heterocycles. The van der Waals surface area contributed by atoms with E-state index in [0.717, 1.165) is 5.56 Å². The Labute approximate surface area is 157 Å². The predicted molar refractivity (Wildman–Crippen MR) is 113 cm³/mol. The van der Waals surface area contributed by atoms with Crippen LogP contribution in [0.1, 0.15) is 43.5 Å². The van der Waals surface area contributed by atoms with Crippen molar-refractivity contribution in [3.8, 4) is 0 Å². The number of carbonyl (C=O) groups excluding carboxylic acids is 1. The molecule has 0 spiro atoms. The van der Waals surface area contributed by atoms with E-state index < -0.39 is 10.0 Å². The highest BCUT2D eigenvalue weighted by molar-refractivity contribution is 8.34. The summed E-state index contributed by atoms with van der Waals surface area (Å²) in [4.78, 5) is 15.2. The van der Waals surface area contributed by atoms with Gasteiger partial charge in [0.1, 0.15) is 0 Å². The molecule has 1 fully saturated rings. The van der Waals surface area contributed by atoms with E-state index in [0.29, 0.717) is 12.2 Å². The Morgan fingerprint density at radius 2 is 1.52 bits per heavy atom. The quantitative estimate of drug-likeness (QED) is 0.544. The smallest absolute Gasteiger partial charge is 0.164 e. The summed E-state index contributed by atoms with van der Waals surface area (Å²) in [5.74, 6) is 2.96. The maximum absolute atomic E-state index is 12.8. The number of hydrogen-bond acceptors (Lipinski definition) is 2. The van der Waals surface area contributed by atoms with Crippen LogP contribution in [0.3, 0.4) is 0 Å². The van der Waals surface area contributed by atoms with E-state index in [9.17, 15) is 4.79 Å². The summed E-state index contributed by atoms with van der Waals surface area (Å²) in [6, 6.07) is 18.5. The molecule has 2 aromatic rings. The third-order valence-electron chi connectivity index (χ3n) is 5.52. The number of Topliss-reactive ketones (excluding diaryl/α,β-unsaturated/α-hetero) is 1. The average molecular weight is 373 g/mol. The number of benzene rings is 2. The van der Waals surface area contributed by atoms with Gasteiger partial charge in [0.25, 0.3) is 0 Å². The van der Waals surface area contributed by atoms with Crippen LogP contribution in [0.15, 0.2) is 64.4 Å². The van der Waals surface area contributed by atoms with Crippen molar-refractivity contribution in [2.45, 2.75) is 47.6 Å². The van der Waals surface area contributed by atoms with Crippen molar-refractivity contribution in [1.29, 1.82) is 0 Å². The second-order valence-electron chi connectivity index (χ2n) is 7.69. The summed E-state index contributed by atoms with van der Waals surface area (Å²) in [5, 5.41) is 0. The largest absolute Gasteiger partial charge is 0.294 e. The molecule has 1 nitrogen and oxygen atoms in total. The van der Waals surface area contributed by atoms with Crippen LogP contribution in [0.5, 0.6) is 0 Å². The van der Waals surface area contributed by atoms with Crippen molar-refractivity contribution in [3.63, 3.8) is 0 Å². The highest BCUT2D eigenvalue weighted by atomic mass is 32.3. The monoisotopic (exact) mass is 372 g/mol. The second-order valence-corrected chi connectivity index (χ2v) is 13.3. The normalized spacial score (nSPS) is 18.0. The van der Waals surface area contributed by atoms with Gasteiger partial charge in [0.15, 0.2) is 5.78 Å². The Bertz CT molecular complexity index is 713. The first-order valence-corrected chi connectivity index (χ1v) is 12.2. The Morgan fingerprint density at radius 1 is 0.960 bits per heavy atom.